The number of carbonyl (C=O) groups excluding carboxylic acids is 1. The Bertz CT molecular complexity index is 1180. The van der Waals surface area contributed by atoms with Gasteiger partial charge < -0.3 is 5.32 Å². The minimum atomic E-state index is -3.67. The number of amides is 1. The molecule has 0 aliphatic heterocycles. The third kappa shape index (κ3) is 4.70. The Balaban J connectivity index is 1.43. The molecule has 1 aliphatic rings. The maximum atomic E-state index is 12.9. The monoisotopic (exact) mass is 448 g/mol. The summed E-state index contributed by atoms with van der Waals surface area (Å²) in [6, 6.07) is 23.9. The minimum absolute atomic E-state index is 0.0138. The van der Waals surface area contributed by atoms with Gasteiger partial charge >= 0.3 is 0 Å². The second-order valence-corrected chi connectivity index (χ2v) is 10.3. The van der Waals surface area contributed by atoms with Crippen LogP contribution in [0.2, 0.25) is 0 Å². The van der Waals surface area contributed by atoms with Gasteiger partial charge in [0.1, 0.15) is 0 Å². The molecule has 6 heteroatoms. The molecule has 0 saturated heterocycles. The first-order valence-electron chi connectivity index (χ1n) is 10.9. The molecule has 3 aromatic rings. The van der Waals surface area contributed by atoms with Crippen LogP contribution in [0, 0.1) is 0 Å². The predicted octanol–water partition coefficient (Wildman–Crippen LogP) is 4.96. The molecule has 0 heterocycles. The number of benzene rings is 3. The van der Waals surface area contributed by atoms with Crippen LogP contribution < -0.4 is 10.0 Å². The van der Waals surface area contributed by atoms with E-state index >= 15 is 0 Å². The summed E-state index contributed by atoms with van der Waals surface area (Å²) >= 11 is 0. The van der Waals surface area contributed by atoms with Crippen molar-refractivity contribution >= 4 is 21.6 Å². The molecule has 5 nitrogen and oxygen atoms in total. The first kappa shape index (κ1) is 22.1. The molecular weight excluding hydrogens is 420 g/mol. The highest BCUT2D eigenvalue weighted by molar-refractivity contribution is 7.92. The number of hydrogen-bond donors (Lipinski definition) is 2. The average Bonchev–Trinajstić information content (AvgIpc) is 3.60. The Hall–Kier alpha value is -3.12. The van der Waals surface area contributed by atoms with Gasteiger partial charge in [0.15, 0.2) is 0 Å². The van der Waals surface area contributed by atoms with E-state index in [0.29, 0.717) is 18.2 Å². The van der Waals surface area contributed by atoms with Crippen LogP contribution in [0.3, 0.4) is 0 Å². The number of rotatable bonds is 8. The Morgan fingerprint density at radius 3 is 2.09 bits per heavy atom. The Morgan fingerprint density at radius 1 is 0.906 bits per heavy atom. The molecule has 0 aromatic heterocycles. The SMILES string of the molecule is CC(C)c1ccc(S(=O)(=O)Nc2ccc(C3(C(=O)NCc4ccccc4)CC3)cc2)cc1. The second-order valence-electron chi connectivity index (χ2n) is 8.66. The van der Waals surface area contributed by atoms with Crippen LogP contribution in [0.1, 0.15) is 49.3 Å². The summed E-state index contributed by atoms with van der Waals surface area (Å²) in [5.41, 5.74) is 3.02. The third-order valence-electron chi connectivity index (χ3n) is 6.03. The highest BCUT2D eigenvalue weighted by atomic mass is 32.2. The Labute approximate surface area is 189 Å². The topological polar surface area (TPSA) is 75.3 Å². The van der Waals surface area contributed by atoms with E-state index in [1.54, 1.807) is 24.3 Å². The zero-order chi connectivity index (χ0) is 22.8. The van der Waals surface area contributed by atoms with Crippen LogP contribution in [0.25, 0.3) is 0 Å². The Kier molecular flexibility index (Phi) is 6.07. The first-order valence-corrected chi connectivity index (χ1v) is 12.3. The molecule has 32 heavy (non-hydrogen) atoms. The van der Waals surface area contributed by atoms with Gasteiger partial charge in [-0.3, -0.25) is 9.52 Å². The molecule has 1 amide bonds. The summed E-state index contributed by atoms with van der Waals surface area (Å²) in [5.74, 6) is 0.354. The smallest absolute Gasteiger partial charge is 0.261 e. The molecule has 1 fully saturated rings. The molecule has 2 N–H and O–H groups in total. The van der Waals surface area contributed by atoms with Crippen LogP contribution in [0.15, 0.2) is 83.8 Å². The lowest BCUT2D eigenvalue weighted by atomic mass is 9.94. The predicted molar refractivity (Wildman–Crippen MR) is 127 cm³/mol. The summed E-state index contributed by atoms with van der Waals surface area (Å²) in [6.07, 6.45) is 1.59. The molecule has 0 unspecified atom stereocenters. The molecule has 0 spiro atoms. The molecule has 0 radical (unpaired) electrons. The standard InChI is InChI=1S/C26H28N2O3S/c1-19(2)21-8-14-24(15-9-21)32(30,31)28-23-12-10-22(11-13-23)26(16-17-26)25(29)27-18-20-6-4-3-5-7-20/h3-15,19,28H,16-18H2,1-2H3,(H,27,29). The fourth-order valence-corrected chi connectivity index (χ4v) is 4.88. The van der Waals surface area contributed by atoms with Crippen molar-refractivity contribution in [3.8, 4) is 0 Å². The summed E-state index contributed by atoms with van der Waals surface area (Å²) in [4.78, 5) is 13.1. The first-order chi connectivity index (χ1) is 15.3. The number of carbonyl (C=O) groups is 1. The van der Waals surface area contributed by atoms with Gasteiger partial charge in [-0.05, 0) is 59.7 Å². The van der Waals surface area contributed by atoms with Crippen molar-refractivity contribution in [1.29, 1.82) is 0 Å². The molecule has 4 rings (SSSR count). The number of sulfonamides is 1. The van der Waals surface area contributed by atoms with Crippen molar-refractivity contribution in [2.45, 2.75) is 49.5 Å². The lowest BCUT2D eigenvalue weighted by Gasteiger charge is -2.17. The molecule has 1 aliphatic carbocycles. The summed E-state index contributed by atoms with van der Waals surface area (Å²) < 4.78 is 28.1. The molecule has 0 bridgehead atoms. The van der Waals surface area contributed by atoms with E-state index in [1.165, 1.54) is 0 Å². The van der Waals surface area contributed by atoms with E-state index in [9.17, 15) is 13.2 Å². The fraction of sp³-hybridized carbons (Fsp3) is 0.269. The molecule has 0 atom stereocenters. The molecule has 1 saturated carbocycles. The molecule has 3 aromatic carbocycles. The van der Waals surface area contributed by atoms with E-state index in [-0.39, 0.29) is 10.8 Å². The summed E-state index contributed by atoms with van der Waals surface area (Å²) in [5, 5.41) is 3.04. The van der Waals surface area contributed by atoms with Crippen LogP contribution >= 0.6 is 0 Å². The lowest BCUT2D eigenvalue weighted by molar-refractivity contribution is -0.123. The van der Waals surface area contributed by atoms with E-state index in [4.69, 9.17) is 0 Å². The molecular formula is C26H28N2O3S. The van der Waals surface area contributed by atoms with Crippen molar-refractivity contribution in [3.63, 3.8) is 0 Å². The van der Waals surface area contributed by atoms with Crippen molar-refractivity contribution in [1.82, 2.24) is 5.32 Å². The fourth-order valence-electron chi connectivity index (χ4n) is 3.82. The highest BCUT2D eigenvalue weighted by Gasteiger charge is 2.51. The van der Waals surface area contributed by atoms with Crippen LogP contribution in [0.5, 0.6) is 0 Å². The maximum absolute atomic E-state index is 12.9. The molecule has 166 valence electrons. The van der Waals surface area contributed by atoms with Crippen molar-refractivity contribution < 1.29 is 13.2 Å². The zero-order valence-electron chi connectivity index (χ0n) is 18.3. The number of hydrogen-bond acceptors (Lipinski definition) is 3. The average molecular weight is 449 g/mol. The van der Waals surface area contributed by atoms with Crippen LogP contribution in [0.4, 0.5) is 5.69 Å². The van der Waals surface area contributed by atoms with Gasteiger partial charge in [-0.2, -0.15) is 0 Å². The van der Waals surface area contributed by atoms with Gasteiger partial charge in [-0.1, -0.05) is 68.4 Å². The summed E-state index contributed by atoms with van der Waals surface area (Å²) in [7, 11) is -3.67. The third-order valence-corrected chi connectivity index (χ3v) is 7.42. The maximum Gasteiger partial charge on any atom is 0.261 e. The largest absolute Gasteiger partial charge is 0.351 e. The van der Waals surface area contributed by atoms with Gasteiger partial charge in [0.2, 0.25) is 5.91 Å². The van der Waals surface area contributed by atoms with Crippen molar-refractivity contribution in [2.24, 2.45) is 0 Å². The van der Waals surface area contributed by atoms with Gasteiger partial charge in [0.25, 0.3) is 10.0 Å². The van der Waals surface area contributed by atoms with Gasteiger partial charge in [-0.25, -0.2) is 8.42 Å². The van der Waals surface area contributed by atoms with E-state index in [1.807, 2.05) is 54.6 Å². The van der Waals surface area contributed by atoms with Gasteiger partial charge in [0, 0.05) is 12.2 Å². The number of anilines is 1. The summed E-state index contributed by atoms with van der Waals surface area (Å²) in [6.45, 7) is 4.63. The van der Waals surface area contributed by atoms with E-state index in [0.717, 1.165) is 29.5 Å². The highest BCUT2D eigenvalue weighted by Crippen LogP contribution is 2.48. The zero-order valence-corrected chi connectivity index (χ0v) is 19.2. The normalized spacial score (nSPS) is 14.7. The van der Waals surface area contributed by atoms with E-state index in [2.05, 4.69) is 23.9 Å². The quantitative estimate of drug-likeness (QED) is 0.511. The van der Waals surface area contributed by atoms with Gasteiger partial charge in [-0.15, -0.1) is 0 Å². The Morgan fingerprint density at radius 2 is 1.53 bits per heavy atom. The number of nitrogens with one attached hydrogen (secondary N) is 2. The van der Waals surface area contributed by atoms with Crippen molar-refractivity contribution in [2.75, 3.05) is 4.72 Å². The second kappa shape index (κ2) is 8.79. The van der Waals surface area contributed by atoms with Gasteiger partial charge in [0.05, 0.1) is 10.3 Å². The van der Waals surface area contributed by atoms with E-state index < -0.39 is 15.4 Å². The van der Waals surface area contributed by atoms with Crippen molar-refractivity contribution in [3.05, 3.63) is 95.6 Å². The van der Waals surface area contributed by atoms with Crippen LogP contribution in [-0.2, 0) is 26.8 Å². The van der Waals surface area contributed by atoms with Crippen LogP contribution in [-0.4, -0.2) is 14.3 Å². The lowest BCUT2D eigenvalue weighted by Crippen LogP contribution is -2.34. The minimum Gasteiger partial charge on any atom is -0.351 e.